The highest BCUT2D eigenvalue weighted by atomic mass is 16.1. The van der Waals surface area contributed by atoms with Crippen LogP contribution in [0.5, 0.6) is 0 Å². The second kappa shape index (κ2) is 2.10. The first-order chi connectivity index (χ1) is 5.68. The van der Waals surface area contributed by atoms with Gasteiger partial charge in [0.25, 0.3) is 5.91 Å². The van der Waals surface area contributed by atoms with Crippen LogP contribution >= 0.6 is 0 Å². The van der Waals surface area contributed by atoms with Crippen molar-refractivity contribution in [3.63, 3.8) is 0 Å². The summed E-state index contributed by atoms with van der Waals surface area (Å²) in [7, 11) is 0. The number of amides is 1. The first kappa shape index (κ1) is 6.90. The normalized spacial score (nSPS) is 20.9. The van der Waals surface area contributed by atoms with Gasteiger partial charge in [-0.2, -0.15) is 9.98 Å². The highest BCUT2D eigenvalue weighted by Crippen LogP contribution is 2.17. The van der Waals surface area contributed by atoms with Crippen molar-refractivity contribution < 1.29 is 4.79 Å². The van der Waals surface area contributed by atoms with Crippen LogP contribution in [-0.2, 0) is 4.79 Å². The number of fused-ring (bicyclic) bond motifs is 1. The first-order valence-electron chi connectivity index (χ1n) is 3.41. The van der Waals surface area contributed by atoms with Gasteiger partial charge in [0.1, 0.15) is 0 Å². The van der Waals surface area contributed by atoms with Crippen molar-refractivity contribution in [3.05, 3.63) is 11.1 Å². The summed E-state index contributed by atoms with van der Waals surface area (Å²) in [5.74, 6) is 0.00287. The molecule has 0 spiro atoms. The van der Waals surface area contributed by atoms with E-state index < -0.39 is 0 Å². The molecule has 0 saturated carbocycles. The quantitative estimate of drug-likeness (QED) is 0.527. The number of carbonyl (C=O) groups is 1. The second-order valence-corrected chi connectivity index (χ2v) is 2.53. The van der Waals surface area contributed by atoms with E-state index in [0.29, 0.717) is 11.4 Å². The molecule has 0 aromatic rings. The van der Waals surface area contributed by atoms with Crippen molar-refractivity contribution in [1.29, 1.82) is 0 Å². The van der Waals surface area contributed by atoms with Crippen molar-refractivity contribution in [1.82, 2.24) is 0 Å². The summed E-state index contributed by atoms with van der Waals surface area (Å²) in [5.41, 5.74) is 6.52. The van der Waals surface area contributed by atoms with E-state index in [1.54, 1.807) is 13.1 Å². The molecule has 2 aliphatic rings. The van der Waals surface area contributed by atoms with Crippen LogP contribution in [0.4, 0.5) is 0 Å². The summed E-state index contributed by atoms with van der Waals surface area (Å²) in [4.78, 5) is 22.4. The van der Waals surface area contributed by atoms with E-state index in [0.717, 1.165) is 5.57 Å². The smallest absolute Gasteiger partial charge is 0.284 e. The van der Waals surface area contributed by atoms with Gasteiger partial charge in [-0.1, -0.05) is 0 Å². The lowest BCUT2D eigenvalue weighted by atomic mass is 10.1. The van der Waals surface area contributed by atoms with Crippen molar-refractivity contribution in [2.24, 2.45) is 20.7 Å². The standard InChI is InChI=1S/C7H6N4O/c1-3-2-9-5-4(3)6(12)11-7(8)10-5/h2H,1H3,(H2,8,11,12). The maximum atomic E-state index is 11.2. The van der Waals surface area contributed by atoms with Crippen molar-refractivity contribution >= 4 is 23.9 Å². The zero-order valence-corrected chi connectivity index (χ0v) is 6.40. The largest absolute Gasteiger partial charge is 0.368 e. The van der Waals surface area contributed by atoms with Crippen LogP contribution < -0.4 is 5.73 Å². The lowest BCUT2D eigenvalue weighted by molar-refractivity contribution is -0.113. The number of aliphatic imine (C=N–C) groups is 3. The number of amidine groups is 1. The molecule has 1 amide bonds. The lowest BCUT2D eigenvalue weighted by Crippen LogP contribution is -2.22. The predicted octanol–water partition coefficient (Wildman–Crippen LogP) is -0.359. The molecule has 5 nitrogen and oxygen atoms in total. The van der Waals surface area contributed by atoms with Gasteiger partial charge in [0, 0.05) is 6.21 Å². The molecule has 0 fully saturated rings. The molecule has 0 atom stereocenters. The molecule has 0 saturated heterocycles. The summed E-state index contributed by atoms with van der Waals surface area (Å²) in [5, 5.41) is 0. The van der Waals surface area contributed by atoms with Gasteiger partial charge in [-0.25, -0.2) is 4.99 Å². The van der Waals surface area contributed by atoms with Gasteiger partial charge >= 0.3 is 0 Å². The lowest BCUT2D eigenvalue weighted by Gasteiger charge is -2.04. The van der Waals surface area contributed by atoms with Crippen LogP contribution in [0.25, 0.3) is 0 Å². The fourth-order valence-corrected chi connectivity index (χ4v) is 1.11. The number of allylic oxidation sites excluding steroid dienone is 1. The van der Waals surface area contributed by atoms with Gasteiger partial charge < -0.3 is 5.73 Å². The molecule has 2 heterocycles. The third kappa shape index (κ3) is 0.795. The average Bonchev–Trinajstić information content (AvgIpc) is 2.31. The summed E-state index contributed by atoms with van der Waals surface area (Å²) in [6.07, 6.45) is 1.58. The van der Waals surface area contributed by atoms with E-state index in [1.165, 1.54) is 0 Å². The third-order valence-corrected chi connectivity index (χ3v) is 1.65. The number of carbonyl (C=O) groups excluding carboxylic acids is 1. The molecule has 60 valence electrons. The summed E-state index contributed by atoms with van der Waals surface area (Å²) < 4.78 is 0. The van der Waals surface area contributed by atoms with Crippen molar-refractivity contribution in [3.8, 4) is 0 Å². The number of hydrogen-bond acceptors (Lipinski definition) is 4. The topological polar surface area (TPSA) is 80.2 Å². The Balaban J connectivity index is 2.59. The molecule has 0 aliphatic carbocycles. The Morgan fingerprint density at radius 2 is 2.17 bits per heavy atom. The van der Waals surface area contributed by atoms with E-state index >= 15 is 0 Å². The summed E-state index contributed by atoms with van der Waals surface area (Å²) in [6.45, 7) is 1.79. The second-order valence-electron chi connectivity index (χ2n) is 2.53. The summed E-state index contributed by atoms with van der Waals surface area (Å²) >= 11 is 0. The highest BCUT2D eigenvalue weighted by Gasteiger charge is 2.25. The maximum absolute atomic E-state index is 11.2. The van der Waals surface area contributed by atoms with E-state index in [-0.39, 0.29) is 11.9 Å². The van der Waals surface area contributed by atoms with Crippen molar-refractivity contribution in [2.45, 2.75) is 6.92 Å². The molecule has 2 aliphatic heterocycles. The number of hydrogen-bond donors (Lipinski definition) is 1. The Hall–Kier alpha value is -1.78. The predicted molar refractivity (Wildman–Crippen MR) is 45.3 cm³/mol. The molecule has 2 N–H and O–H groups in total. The van der Waals surface area contributed by atoms with Crippen LogP contribution in [0.3, 0.4) is 0 Å². The number of nitrogens with zero attached hydrogens (tertiary/aromatic N) is 3. The highest BCUT2D eigenvalue weighted by molar-refractivity contribution is 6.33. The number of guanidine groups is 1. The van der Waals surface area contributed by atoms with Gasteiger partial charge in [0.05, 0.1) is 5.57 Å². The minimum atomic E-state index is -0.354. The zero-order valence-electron chi connectivity index (χ0n) is 6.40. The Morgan fingerprint density at radius 1 is 1.42 bits per heavy atom. The SMILES string of the molecule is CC1=C2C(=O)N=C(N)N=C2N=C1. The maximum Gasteiger partial charge on any atom is 0.284 e. The molecule has 0 radical (unpaired) electrons. The van der Waals surface area contributed by atoms with Crippen LogP contribution in [0.2, 0.25) is 0 Å². The van der Waals surface area contributed by atoms with Gasteiger partial charge in [0.2, 0.25) is 5.96 Å². The fourth-order valence-electron chi connectivity index (χ4n) is 1.11. The monoisotopic (exact) mass is 162 g/mol. The molecular weight excluding hydrogens is 156 g/mol. The molecule has 0 unspecified atom stereocenters. The van der Waals surface area contributed by atoms with E-state index in [4.69, 9.17) is 5.73 Å². The Kier molecular flexibility index (Phi) is 1.21. The van der Waals surface area contributed by atoms with Gasteiger partial charge in [0.15, 0.2) is 5.84 Å². The van der Waals surface area contributed by atoms with Crippen LogP contribution in [0.15, 0.2) is 26.1 Å². The molecular formula is C7H6N4O. The molecule has 5 heteroatoms. The molecule has 0 aromatic heterocycles. The Bertz CT molecular complexity index is 386. The number of nitrogens with two attached hydrogens (primary N) is 1. The van der Waals surface area contributed by atoms with Crippen molar-refractivity contribution in [2.75, 3.05) is 0 Å². The third-order valence-electron chi connectivity index (χ3n) is 1.65. The van der Waals surface area contributed by atoms with Crippen LogP contribution in [-0.4, -0.2) is 23.9 Å². The zero-order chi connectivity index (χ0) is 8.72. The molecule has 0 bridgehead atoms. The molecule has 0 aromatic carbocycles. The molecule has 2 rings (SSSR count). The van der Waals surface area contributed by atoms with Gasteiger partial charge in [-0.15, -0.1) is 0 Å². The average molecular weight is 162 g/mol. The van der Waals surface area contributed by atoms with E-state index in [9.17, 15) is 4.79 Å². The Labute approximate surface area is 68.4 Å². The minimum Gasteiger partial charge on any atom is -0.368 e. The van der Waals surface area contributed by atoms with Gasteiger partial charge in [-0.3, -0.25) is 4.79 Å². The van der Waals surface area contributed by atoms with Gasteiger partial charge in [-0.05, 0) is 12.5 Å². The van der Waals surface area contributed by atoms with Crippen LogP contribution in [0.1, 0.15) is 6.92 Å². The first-order valence-corrected chi connectivity index (χ1v) is 3.41. The number of rotatable bonds is 0. The van der Waals surface area contributed by atoms with E-state index in [1.807, 2.05) is 0 Å². The fraction of sp³-hybridized carbons (Fsp3) is 0.143. The Morgan fingerprint density at radius 3 is 2.92 bits per heavy atom. The molecule has 12 heavy (non-hydrogen) atoms. The minimum absolute atomic E-state index is 0.0226. The summed E-state index contributed by atoms with van der Waals surface area (Å²) in [6, 6.07) is 0. The van der Waals surface area contributed by atoms with Crippen LogP contribution in [0, 0.1) is 0 Å². The van der Waals surface area contributed by atoms with E-state index in [2.05, 4.69) is 15.0 Å².